The van der Waals surface area contributed by atoms with Crippen molar-refractivity contribution >= 4 is 34.6 Å². The van der Waals surface area contributed by atoms with E-state index < -0.39 is 47.9 Å². The number of aromatic amines is 3. The zero-order valence-electron chi connectivity index (χ0n) is 24.0. The van der Waals surface area contributed by atoms with Crippen molar-refractivity contribution in [2.45, 2.75) is 63.7 Å². The molecule has 0 radical (unpaired) electrons. The molecule has 0 aliphatic carbocycles. The Labute approximate surface area is 247 Å². The summed E-state index contributed by atoms with van der Waals surface area (Å²) >= 11 is 0. The summed E-state index contributed by atoms with van der Waals surface area (Å²) in [5.41, 5.74) is 8.90. The molecule has 0 aliphatic heterocycles. The summed E-state index contributed by atoms with van der Waals surface area (Å²) in [5, 5.41) is 18.8. The first kappa shape index (κ1) is 31.0. The number of hydrogen-bond donors (Lipinski definition) is 8. The molecule has 4 rings (SSSR count). The molecule has 0 fully saturated rings. The largest absolute Gasteiger partial charge is 0.480 e. The maximum Gasteiger partial charge on any atom is 0.326 e. The van der Waals surface area contributed by atoms with Gasteiger partial charge in [0.05, 0.1) is 18.7 Å². The maximum absolute atomic E-state index is 13.7. The molecule has 0 saturated heterocycles. The second kappa shape index (κ2) is 14.3. The first-order valence-electron chi connectivity index (χ1n) is 14.0. The Morgan fingerprint density at radius 2 is 1.51 bits per heavy atom. The van der Waals surface area contributed by atoms with Crippen LogP contribution in [0.2, 0.25) is 0 Å². The van der Waals surface area contributed by atoms with Gasteiger partial charge >= 0.3 is 5.97 Å². The van der Waals surface area contributed by atoms with E-state index >= 15 is 0 Å². The molecule has 3 aromatic heterocycles. The molecular formula is C29H37N9O5. The van der Waals surface area contributed by atoms with Gasteiger partial charge in [0, 0.05) is 60.1 Å². The number of carboxylic acid groups (broad SMARTS) is 1. The summed E-state index contributed by atoms with van der Waals surface area (Å²) < 4.78 is 0. The normalized spacial score (nSPS) is 14.8. The van der Waals surface area contributed by atoms with Crippen LogP contribution in [-0.2, 0) is 38.4 Å². The molecule has 14 heteroatoms. The van der Waals surface area contributed by atoms with Crippen LogP contribution in [0.4, 0.5) is 0 Å². The quantitative estimate of drug-likeness (QED) is 0.0972. The van der Waals surface area contributed by atoms with Gasteiger partial charge in [-0.3, -0.25) is 14.4 Å². The number of carboxylic acids is 1. The van der Waals surface area contributed by atoms with Gasteiger partial charge in [-0.05, 0) is 17.5 Å². The number of rotatable bonds is 15. The number of nitrogens with two attached hydrogens (primary N) is 1. The number of imidazole rings is 2. The number of hydrogen-bond acceptors (Lipinski definition) is 7. The SMILES string of the molecule is CCC(C)C(NC(=O)C(N)Cc1cnc[nH]1)C(=O)NC(Cc1c[nH]c2ccccc12)C(=O)NC(Cc1cnc[nH]1)C(=O)O. The fourth-order valence-corrected chi connectivity index (χ4v) is 4.77. The molecule has 0 bridgehead atoms. The maximum atomic E-state index is 13.7. The van der Waals surface area contributed by atoms with Crippen LogP contribution in [0.15, 0.2) is 55.5 Å². The van der Waals surface area contributed by atoms with Gasteiger partial charge in [-0.25, -0.2) is 14.8 Å². The molecule has 43 heavy (non-hydrogen) atoms. The van der Waals surface area contributed by atoms with Crippen molar-refractivity contribution in [3.63, 3.8) is 0 Å². The molecule has 14 nitrogen and oxygen atoms in total. The van der Waals surface area contributed by atoms with Crippen molar-refractivity contribution < 1.29 is 24.3 Å². The van der Waals surface area contributed by atoms with Crippen molar-refractivity contribution in [2.24, 2.45) is 11.7 Å². The van der Waals surface area contributed by atoms with E-state index in [-0.39, 0.29) is 25.2 Å². The summed E-state index contributed by atoms with van der Waals surface area (Å²) in [5.74, 6) is -3.34. The van der Waals surface area contributed by atoms with Crippen LogP contribution >= 0.6 is 0 Å². The second-order valence-corrected chi connectivity index (χ2v) is 10.6. The molecule has 5 unspecified atom stereocenters. The Bertz CT molecular complexity index is 1520. The minimum Gasteiger partial charge on any atom is -0.480 e. The Morgan fingerprint density at radius 1 is 0.860 bits per heavy atom. The lowest BCUT2D eigenvalue weighted by Crippen LogP contribution is -2.59. The van der Waals surface area contributed by atoms with Crippen molar-refractivity contribution in [2.75, 3.05) is 0 Å². The van der Waals surface area contributed by atoms with Gasteiger partial charge in [0.1, 0.15) is 18.1 Å². The highest BCUT2D eigenvalue weighted by atomic mass is 16.4. The third-order valence-electron chi connectivity index (χ3n) is 7.45. The van der Waals surface area contributed by atoms with Crippen LogP contribution in [0.1, 0.15) is 37.2 Å². The predicted octanol–water partition coefficient (Wildman–Crippen LogP) is 0.554. The van der Waals surface area contributed by atoms with Crippen molar-refractivity contribution in [1.82, 2.24) is 40.9 Å². The Kier molecular flexibility index (Phi) is 10.3. The summed E-state index contributed by atoms with van der Waals surface area (Å²) in [4.78, 5) is 69.0. The number of aromatic nitrogens is 5. The lowest BCUT2D eigenvalue weighted by Gasteiger charge is -2.28. The average molecular weight is 592 g/mol. The fraction of sp³-hybridized carbons (Fsp3) is 0.379. The van der Waals surface area contributed by atoms with Crippen molar-refractivity contribution in [1.29, 1.82) is 0 Å². The highest BCUT2D eigenvalue weighted by Crippen LogP contribution is 2.20. The summed E-state index contributed by atoms with van der Waals surface area (Å²) in [7, 11) is 0. The van der Waals surface area contributed by atoms with Crippen LogP contribution in [0.3, 0.4) is 0 Å². The number of fused-ring (bicyclic) bond motifs is 1. The molecule has 0 saturated carbocycles. The predicted molar refractivity (Wildman–Crippen MR) is 157 cm³/mol. The van der Waals surface area contributed by atoms with Gasteiger partial charge in [-0.15, -0.1) is 0 Å². The lowest BCUT2D eigenvalue weighted by molar-refractivity contribution is -0.142. The molecule has 228 valence electrons. The van der Waals surface area contributed by atoms with Crippen LogP contribution in [0.5, 0.6) is 0 Å². The van der Waals surface area contributed by atoms with Gasteiger partial charge < -0.3 is 41.7 Å². The van der Waals surface area contributed by atoms with Gasteiger partial charge in [0.25, 0.3) is 0 Å². The molecule has 9 N–H and O–H groups in total. The van der Waals surface area contributed by atoms with Crippen molar-refractivity contribution in [3.8, 4) is 0 Å². The van der Waals surface area contributed by atoms with E-state index in [1.165, 1.54) is 18.9 Å². The number of para-hydroxylation sites is 1. The van der Waals surface area contributed by atoms with E-state index in [0.29, 0.717) is 17.8 Å². The smallest absolute Gasteiger partial charge is 0.326 e. The topological polar surface area (TPSA) is 224 Å². The molecule has 0 aliphatic rings. The van der Waals surface area contributed by atoms with E-state index in [4.69, 9.17) is 5.73 Å². The highest BCUT2D eigenvalue weighted by molar-refractivity contribution is 5.95. The summed E-state index contributed by atoms with van der Waals surface area (Å²) in [6, 6.07) is 3.14. The zero-order valence-corrected chi connectivity index (χ0v) is 24.0. The van der Waals surface area contributed by atoms with E-state index in [1.54, 1.807) is 12.4 Å². The number of aliphatic carboxylic acids is 1. The number of carbonyl (C=O) groups excluding carboxylic acids is 3. The van der Waals surface area contributed by atoms with Gasteiger partial charge in [0.15, 0.2) is 0 Å². The number of carbonyl (C=O) groups is 4. The molecule has 0 spiro atoms. The summed E-state index contributed by atoms with van der Waals surface area (Å²) in [6.07, 6.45) is 8.47. The first-order valence-corrected chi connectivity index (χ1v) is 14.0. The monoisotopic (exact) mass is 591 g/mol. The number of benzene rings is 1. The summed E-state index contributed by atoms with van der Waals surface area (Å²) in [6.45, 7) is 3.69. The number of amides is 3. The van der Waals surface area contributed by atoms with Gasteiger partial charge in [0.2, 0.25) is 17.7 Å². The third-order valence-corrected chi connectivity index (χ3v) is 7.45. The molecule has 4 aromatic rings. The van der Waals surface area contributed by atoms with Crippen LogP contribution in [0.25, 0.3) is 10.9 Å². The fourth-order valence-electron chi connectivity index (χ4n) is 4.77. The van der Waals surface area contributed by atoms with Crippen LogP contribution in [-0.4, -0.2) is 77.9 Å². The van der Waals surface area contributed by atoms with Crippen LogP contribution in [0, 0.1) is 5.92 Å². The second-order valence-electron chi connectivity index (χ2n) is 10.6. The van der Waals surface area contributed by atoms with Gasteiger partial charge in [-0.1, -0.05) is 38.5 Å². The van der Waals surface area contributed by atoms with Gasteiger partial charge in [-0.2, -0.15) is 0 Å². The van der Waals surface area contributed by atoms with E-state index in [2.05, 4.69) is 40.9 Å². The third kappa shape index (κ3) is 8.07. The molecule has 3 heterocycles. The molecule has 3 amide bonds. The molecule has 5 atom stereocenters. The molecule has 1 aromatic carbocycles. The first-order chi connectivity index (χ1) is 20.7. The van der Waals surface area contributed by atoms with Crippen LogP contribution < -0.4 is 21.7 Å². The molecular weight excluding hydrogens is 554 g/mol. The Hall–Kier alpha value is -4.98. The standard InChI is InChI=1S/C29H37N9O5/c1-3-16(2)25(38-26(39)21(30)9-18-12-31-14-34-18)28(41)36-23(8-17-11-33-22-7-5-4-6-20(17)22)27(40)37-24(29(42)43)10-19-13-32-15-35-19/h4-7,11-16,21,23-25,33H,3,8-10,30H2,1-2H3,(H,31,34)(H,32,35)(H,36,41)(H,37,40)(H,38,39)(H,42,43). The Morgan fingerprint density at radius 3 is 2.14 bits per heavy atom. The zero-order chi connectivity index (χ0) is 30.9. The Balaban J connectivity index is 1.55. The lowest BCUT2D eigenvalue weighted by atomic mass is 9.96. The highest BCUT2D eigenvalue weighted by Gasteiger charge is 2.33. The number of H-pyrrole nitrogens is 3. The average Bonchev–Trinajstić information content (AvgIpc) is 3.78. The number of nitrogens with zero attached hydrogens (tertiary/aromatic N) is 2. The van der Waals surface area contributed by atoms with Crippen molar-refractivity contribution in [3.05, 3.63) is 72.5 Å². The van der Waals surface area contributed by atoms with E-state index in [9.17, 15) is 24.3 Å². The van der Waals surface area contributed by atoms with E-state index in [1.807, 2.05) is 38.1 Å². The minimum absolute atomic E-state index is 0.0331. The number of nitrogens with one attached hydrogen (secondary N) is 6. The van der Waals surface area contributed by atoms with E-state index in [0.717, 1.165) is 16.5 Å². The minimum atomic E-state index is -1.28.